The van der Waals surface area contributed by atoms with Crippen LogP contribution in [0.15, 0.2) is 23.0 Å². The van der Waals surface area contributed by atoms with Gasteiger partial charge in [0.2, 0.25) is 0 Å². The molecule has 0 atom stereocenters. The number of nitrogens with one attached hydrogen (secondary N) is 1. The summed E-state index contributed by atoms with van der Waals surface area (Å²) in [6.07, 6.45) is 0. The van der Waals surface area contributed by atoms with Crippen molar-refractivity contribution in [2.75, 3.05) is 6.54 Å². The molecule has 0 aliphatic rings. The van der Waals surface area contributed by atoms with E-state index in [0.717, 1.165) is 4.57 Å². The average Bonchev–Trinajstić information content (AvgIpc) is 2.50. The number of pyridine rings is 1. The van der Waals surface area contributed by atoms with Crippen LogP contribution in [-0.2, 0) is 11.8 Å². The second-order valence-corrected chi connectivity index (χ2v) is 4.51. The molecular formula is C14H11N3O5. The molecule has 0 spiro atoms. The molecule has 0 bridgehead atoms. The first-order valence-electron chi connectivity index (χ1n) is 6.12. The molecule has 2 aromatic rings. The van der Waals surface area contributed by atoms with Crippen LogP contribution in [0.1, 0.15) is 15.9 Å². The van der Waals surface area contributed by atoms with Crippen molar-refractivity contribution in [2.45, 2.75) is 0 Å². The van der Waals surface area contributed by atoms with E-state index >= 15 is 0 Å². The fourth-order valence-corrected chi connectivity index (χ4v) is 2.04. The molecule has 1 heterocycles. The number of carbonyl (C=O) groups excluding carboxylic acids is 1. The van der Waals surface area contributed by atoms with Gasteiger partial charge in [-0.1, -0.05) is 0 Å². The Kier molecular flexibility index (Phi) is 3.81. The Labute approximate surface area is 123 Å². The predicted molar refractivity (Wildman–Crippen MR) is 75.5 cm³/mol. The molecule has 0 aliphatic heterocycles. The maximum Gasteiger partial charge on any atom is 0.322 e. The van der Waals surface area contributed by atoms with Crippen LogP contribution in [0.5, 0.6) is 5.75 Å². The van der Waals surface area contributed by atoms with Crippen LogP contribution in [0.25, 0.3) is 10.9 Å². The monoisotopic (exact) mass is 301 g/mol. The van der Waals surface area contributed by atoms with Gasteiger partial charge in [0.15, 0.2) is 0 Å². The molecule has 0 saturated carbocycles. The molecular weight excluding hydrogens is 290 g/mol. The van der Waals surface area contributed by atoms with Crippen molar-refractivity contribution >= 4 is 22.8 Å². The zero-order valence-corrected chi connectivity index (χ0v) is 11.5. The first-order chi connectivity index (χ1) is 10.4. The van der Waals surface area contributed by atoms with Gasteiger partial charge >= 0.3 is 5.97 Å². The number of aromatic nitrogens is 1. The molecule has 8 heteroatoms. The molecule has 3 N–H and O–H groups in total. The molecule has 1 amide bonds. The second-order valence-electron chi connectivity index (χ2n) is 4.51. The predicted octanol–water partition coefficient (Wildman–Crippen LogP) is -0.0698. The van der Waals surface area contributed by atoms with Crippen LogP contribution in [0.2, 0.25) is 0 Å². The highest BCUT2D eigenvalue weighted by Crippen LogP contribution is 2.26. The Balaban J connectivity index is 2.67. The van der Waals surface area contributed by atoms with Gasteiger partial charge in [-0.2, -0.15) is 5.26 Å². The van der Waals surface area contributed by atoms with Crippen LogP contribution in [0.4, 0.5) is 0 Å². The number of nitriles is 1. The number of aromatic hydroxyl groups is 1. The molecule has 1 aromatic carbocycles. The maximum atomic E-state index is 12.2. The Morgan fingerprint density at radius 1 is 1.41 bits per heavy atom. The number of hydrogen-bond acceptors (Lipinski definition) is 5. The van der Waals surface area contributed by atoms with E-state index in [2.05, 4.69) is 0 Å². The third-order valence-corrected chi connectivity index (χ3v) is 3.13. The highest BCUT2D eigenvalue weighted by atomic mass is 16.4. The van der Waals surface area contributed by atoms with Crippen molar-refractivity contribution in [3.63, 3.8) is 0 Å². The van der Waals surface area contributed by atoms with Crippen molar-refractivity contribution in [3.05, 3.63) is 39.7 Å². The minimum absolute atomic E-state index is 0.210. The molecule has 0 aliphatic carbocycles. The molecule has 2 rings (SSSR count). The Morgan fingerprint density at radius 3 is 2.68 bits per heavy atom. The van der Waals surface area contributed by atoms with Gasteiger partial charge in [0, 0.05) is 12.4 Å². The second kappa shape index (κ2) is 5.57. The van der Waals surface area contributed by atoms with E-state index in [1.54, 1.807) is 0 Å². The van der Waals surface area contributed by atoms with Gasteiger partial charge in [-0.05, 0) is 18.2 Å². The van der Waals surface area contributed by atoms with Gasteiger partial charge in [0.05, 0.1) is 17.1 Å². The Hall–Kier alpha value is -3.34. The fourth-order valence-electron chi connectivity index (χ4n) is 2.04. The molecule has 112 valence electrons. The molecule has 0 unspecified atom stereocenters. The summed E-state index contributed by atoms with van der Waals surface area (Å²) in [4.78, 5) is 34.6. The summed E-state index contributed by atoms with van der Waals surface area (Å²) in [5.74, 6) is -2.80. The van der Waals surface area contributed by atoms with Crippen LogP contribution < -0.4 is 10.9 Å². The lowest BCUT2D eigenvalue weighted by molar-refractivity contribution is -0.135. The standard InChI is InChI=1S/C14H11N3O5/c1-17-9-4-7(5-15)2-3-8(9)12(20)11(14(17)22)13(21)16-6-10(18)19/h2-4,20H,6H2,1H3,(H,16,21)(H,18,19). The summed E-state index contributed by atoms with van der Waals surface area (Å²) < 4.78 is 1.12. The largest absolute Gasteiger partial charge is 0.506 e. The number of amides is 1. The first kappa shape index (κ1) is 15.1. The van der Waals surface area contributed by atoms with Crippen molar-refractivity contribution in [3.8, 4) is 11.8 Å². The van der Waals surface area contributed by atoms with E-state index in [1.165, 1.54) is 25.2 Å². The number of benzene rings is 1. The fraction of sp³-hybridized carbons (Fsp3) is 0.143. The van der Waals surface area contributed by atoms with E-state index in [4.69, 9.17) is 10.4 Å². The molecule has 8 nitrogen and oxygen atoms in total. The van der Waals surface area contributed by atoms with E-state index in [9.17, 15) is 19.5 Å². The van der Waals surface area contributed by atoms with Gasteiger partial charge in [-0.15, -0.1) is 0 Å². The number of carboxylic acid groups (broad SMARTS) is 1. The maximum absolute atomic E-state index is 12.2. The number of nitrogens with zero attached hydrogens (tertiary/aromatic N) is 2. The molecule has 0 radical (unpaired) electrons. The SMILES string of the molecule is Cn1c(=O)c(C(=O)NCC(=O)O)c(O)c2ccc(C#N)cc21. The normalized spacial score (nSPS) is 10.2. The molecule has 1 aromatic heterocycles. The van der Waals surface area contributed by atoms with Gasteiger partial charge in [-0.25, -0.2) is 0 Å². The number of aliphatic carboxylic acids is 1. The highest BCUT2D eigenvalue weighted by Gasteiger charge is 2.21. The first-order valence-corrected chi connectivity index (χ1v) is 6.12. The summed E-state index contributed by atoms with van der Waals surface area (Å²) in [7, 11) is 1.39. The van der Waals surface area contributed by atoms with E-state index in [-0.39, 0.29) is 10.9 Å². The topological polar surface area (TPSA) is 132 Å². The molecule has 0 fully saturated rings. The van der Waals surface area contributed by atoms with Crippen molar-refractivity contribution in [1.82, 2.24) is 9.88 Å². The van der Waals surface area contributed by atoms with Gasteiger partial charge in [0.25, 0.3) is 11.5 Å². The van der Waals surface area contributed by atoms with E-state index in [0.29, 0.717) is 5.56 Å². The number of hydrogen-bond donors (Lipinski definition) is 3. The number of carbonyl (C=O) groups is 2. The molecule has 22 heavy (non-hydrogen) atoms. The number of aryl methyl sites for hydroxylation is 1. The highest BCUT2D eigenvalue weighted by molar-refractivity contribution is 6.03. The number of rotatable bonds is 3. The quantitative estimate of drug-likeness (QED) is 0.727. The lowest BCUT2D eigenvalue weighted by Crippen LogP contribution is -2.35. The minimum atomic E-state index is -1.27. The van der Waals surface area contributed by atoms with Crippen LogP contribution >= 0.6 is 0 Å². The number of carboxylic acids is 1. The van der Waals surface area contributed by atoms with Crippen LogP contribution in [-0.4, -0.2) is 33.2 Å². The number of fused-ring (bicyclic) bond motifs is 1. The van der Waals surface area contributed by atoms with Crippen molar-refractivity contribution in [2.24, 2.45) is 7.05 Å². The molecule has 0 saturated heterocycles. The smallest absolute Gasteiger partial charge is 0.322 e. The third kappa shape index (κ3) is 2.47. The van der Waals surface area contributed by atoms with Crippen LogP contribution in [0, 0.1) is 11.3 Å². The Morgan fingerprint density at radius 2 is 2.09 bits per heavy atom. The summed E-state index contributed by atoms with van der Waals surface area (Å²) in [6.45, 7) is -0.674. The van der Waals surface area contributed by atoms with E-state index < -0.39 is 35.3 Å². The summed E-state index contributed by atoms with van der Waals surface area (Å²) in [6, 6.07) is 6.18. The van der Waals surface area contributed by atoms with Crippen molar-refractivity contribution in [1.29, 1.82) is 5.26 Å². The Bertz CT molecular complexity index is 892. The lowest BCUT2D eigenvalue weighted by atomic mass is 10.1. The minimum Gasteiger partial charge on any atom is -0.506 e. The summed E-state index contributed by atoms with van der Waals surface area (Å²) >= 11 is 0. The third-order valence-electron chi connectivity index (χ3n) is 3.13. The average molecular weight is 301 g/mol. The summed E-state index contributed by atoms with van der Waals surface area (Å²) in [5, 5.41) is 29.8. The summed E-state index contributed by atoms with van der Waals surface area (Å²) in [5.41, 5.74) is -0.745. The van der Waals surface area contributed by atoms with Gasteiger partial charge in [0.1, 0.15) is 17.9 Å². The zero-order valence-electron chi connectivity index (χ0n) is 11.5. The zero-order chi connectivity index (χ0) is 16.4. The van der Waals surface area contributed by atoms with Gasteiger partial charge in [-0.3, -0.25) is 14.4 Å². The van der Waals surface area contributed by atoms with Gasteiger partial charge < -0.3 is 20.1 Å². The van der Waals surface area contributed by atoms with E-state index in [1.807, 2.05) is 11.4 Å². The lowest BCUT2D eigenvalue weighted by Gasteiger charge is -2.11. The van der Waals surface area contributed by atoms with Crippen molar-refractivity contribution < 1.29 is 19.8 Å². The van der Waals surface area contributed by atoms with Crippen LogP contribution in [0.3, 0.4) is 0 Å².